The van der Waals surface area contributed by atoms with E-state index in [2.05, 4.69) is 41.0 Å². The van der Waals surface area contributed by atoms with E-state index in [4.69, 9.17) is 4.74 Å². The molecular weight excluding hydrogens is 228 g/mol. The second kappa shape index (κ2) is 7.87. The molecule has 0 spiro atoms. The zero-order chi connectivity index (χ0) is 13.4. The van der Waals surface area contributed by atoms with Crippen LogP contribution in [0.2, 0.25) is 0 Å². The van der Waals surface area contributed by atoms with Gasteiger partial charge >= 0.3 is 0 Å². The first-order valence-electron chi connectivity index (χ1n) is 6.63. The molecule has 0 aliphatic carbocycles. The number of aromatic nitrogens is 2. The lowest BCUT2D eigenvalue weighted by molar-refractivity contribution is 0.294. The lowest BCUT2D eigenvalue weighted by Gasteiger charge is -2.23. The van der Waals surface area contributed by atoms with Crippen molar-refractivity contribution in [3.05, 3.63) is 12.4 Å². The summed E-state index contributed by atoms with van der Waals surface area (Å²) in [6.45, 7) is 12.2. The smallest absolute Gasteiger partial charge is 0.218 e. The van der Waals surface area contributed by atoms with Gasteiger partial charge in [0, 0.05) is 18.7 Å². The molecule has 0 amide bonds. The first kappa shape index (κ1) is 14.7. The molecule has 0 saturated heterocycles. The number of nitrogens with one attached hydrogen (secondary N) is 1. The summed E-state index contributed by atoms with van der Waals surface area (Å²) >= 11 is 0. The van der Waals surface area contributed by atoms with Gasteiger partial charge < -0.3 is 15.0 Å². The van der Waals surface area contributed by atoms with Crippen LogP contribution in [0.25, 0.3) is 0 Å². The molecule has 0 bridgehead atoms. The van der Waals surface area contributed by atoms with Crippen LogP contribution in [0.4, 0.5) is 5.82 Å². The molecule has 102 valence electrons. The second-order valence-corrected chi connectivity index (χ2v) is 4.21. The summed E-state index contributed by atoms with van der Waals surface area (Å²) < 4.78 is 5.35. The standard InChI is InChI=1S/C13H24N4O/c1-5-17(6-2)9-11(4)16-12-8-13(18-7-3)15-10-14-12/h8,10-11H,5-7,9H2,1-4H3,(H,14,15,16). The summed E-state index contributed by atoms with van der Waals surface area (Å²) in [5.74, 6) is 1.43. The van der Waals surface area contributed by atoms with Gasteiger partial charge in [0.15, 0.2) is 0 Å². The molecule has 18 heavy (non-hydrogen) atoms. The lowest BCUT2D eigenvalue weighted by Crippen LogP contribution is -2.34. The van der Waals surface area contributed by atoms with Gasteiger partial charge in [0.25, 0.3) is 0 Å². The Morgan fingerprint density at radius 3 is 2.61 bits per heavy atom. The van der Waals surface area contributed by atoms with E-state index < -0.39 is 0 Å². The molecule has 0 aliphatic heterocycles. The van der Waals surface area contributed by atoms with Crippen molar-refractivity contribution in [1.29, 1.82) is 0 Å². The Bertz CT molecular complexity index is 342. The van der Waals surface area contributed by atoms with Crippen LogP contribution in [0.1, 0.15) is 27.7 Å². The Labute approximate surface area is 110 Å². The van der Waals surface area contributed by atoms with Crippen LogP contribution in [0.3, 0.4) is 0 Å². The maximum atomic E-state index is 5.35. The molecule has 1 aromatic rings. The summed E-state index contributed by atoms with van der Waals surface area (Å²) in [7, 11) is 0. The molecule has 0 fully saturated rings. The molecule has 1 atom stereocenters. The van der Waals surface area contributed by atoms with Crippen LogP contribution < -0.4 is 10.1 Å². The lowest BCUT2D eigenvalue weighted by atomic mass is 10.3. The topological polar surface area (TPSA) is 50.3 Å². The number of hydrogen-bond donors (Lipinski definition) is 1. The highest BCUT2D eigenvalue weighted by molar-refractivity contribution is 5.37. The van der Waals surface area contributed by atoms with Crippen molar-refractivity contribution in [3.63, 3.8) is 0 Å². The van der Waals surface area contributed by atoms with Crippen molar-refractivity contribution in [2.75, 3.05) is 31.6 Å². The van der Waals surface area contributed by atoms with Gasteiger partial charge in [0.05, 0.1) is 6.61 Å². The van der Waals surface area contributed by atoms with Crippen LogP contribution in [-0.2, 0) is 0 Å². The van der Waals surface area contributed by atoms with Crippen LogP contribution in [0, 0.1) is 0 Å². The average Bonchev–Trinajstić information content (AvgIpc) is 2.36. The van der Waals surface area contributed by atoms with Gasteiger partial charge in [-0.15, -0.1) is 0 Å². The minimum Gasteiger partial charge on any atom is -0.478 e. The van der Waals surface area contributed by atoms with E-state index in [0.29, 0.717) is 18.5 Å². The maximum Gasteiger partial charge on any atom is 0.218 e. The fourth-order valence-electron chi connectivity index (χ4n) is 1.81. The van der Waals surface area contributed by atoms with Crippen LogP contribution in [0.15, 0.2) is 12.4 Å². The van der Waals surface area contributed by atoms with Crippen molar-refractivity contribution in [2.24, 2.45) is 0 Å². The summed E-state index contributed by atoms with van der Waals surface area (Å²) in [4.78, 5) is 10.6. The van der Waals surface area contributed by atoms with Gasteiger partial charge in [-0.2, -0.15) is 0 Å². The van der Waals surface area contributed by atoms with E-state index in [9.17, 15) is 0 Å². The predicted molar refractivity (Wildman–Crippen MR) is 74.1 cm³/mol. The number of hydrogen-bond acceptors (Lipinski definition) is 5. The van der Waals surface area contributed by atoms with Gasteiger partial charge in [-0.3, -0.25) is 0 Å². The van der Waals surface area contributed by atoms with Crippen molar-refractivity contribution in [2.45, 2.75) is 33.7 Å². The molecule has 1 unspecified atom stereocenters. The minimum atomic E-state index is 0.342. The molecule has 0 saturated carbocycles. The molecular formula is C13H24N4O. The first-order valence-corrected chi connectivity index (χ1v) is 6.63. The van der Waals surface area contributed by atoms with E-state index in [1.165, 1.54) is 6.33 Å². The Hall–Kier alpha value is -1.36. The van der Waals surface area contributed by atoms with Gasteiger partial charge in [-0.05, 0) is 26.9 Å². The van der Waals surface area contributed by atoms with Gasteiger partial charge in [0.2, 0.25) is 5.88 Å². The van der Waals surface area contributed by atoms with Crippen LogP contribution in [-0.4, -0.2) is 47.2 Å². The van der Waals surface area contributed by atoms with E-state index >= 15 is 0 Å². The number of anilines is 1. The molecule has 5 heteroatoms. The average molecular weight is 252 g/mol. The molecule has 1 N–H and O–H groups in total. The van der Waals surface area contributed by atoms with E-state index in [-0.39, 0.29) is 0 Å². The van der Waals surface area contributed by atoms with Crippen LogP contribution >= 0.6 is 0 Å². The molecule has 1 aromatic heterocycles. The third-order valence-corrected chi connectivity index (χ3v) is 2.75. The Balaban J connectivity index is 2.52. The highest BCUT2D eigenvalue weighted by atomic mass is 16.5. The van der Waals surface area contributed by atoms with E-state index in [0.717, 1.165) is 25.5 Å². The third-order valence-electron chi connectivity index (χ3n) is 2.75. The number of rotatable bonds is 8. The molecule has 0 aliphatic rings. The summed E-state index contributed by atoms with van der Waals surface area (Å²) in [5, 5.41) is 3.37. The number of nitrogens with zero attached hydrogens (tertiary/aromatic N) is 3. The van der Waals surface area contributed by atoms with Crippen molar-refractivity contribution < 1.29 is 4.74 Å². The van der Waals surface area contributed by atoms with Gasteiger partial charge in [-0.25, -0.2) is 9.97 Å². The Morgan fingerprint density at radius 2 is 2.00 bits per heavy atom. The summed E-state index contributed by atoms with van der Waals surface area (Å²) in [6, 6.07) is 2.18. The summed E-state index contributed by atoms with van der Waals surface area (Å²) in [5.41, 5.74) is 0. The quantitative estimate of drug-likeness (QED) is 0.767. The van der Waals surface area contributed by atoms with E-state index in [1.807, 2.05) is 13.0 Å². The second-order valence-electron chi connectivity index (χ2n) is 4.21. The number of ether oxygens (including phenoxy) is 1. The molecule has 1 heterocycles. The summed E-state index contributed by atoms with van der Waals surface area (Å²) in [6.07, 6.45) is 1.53. The Kier molecular flexibility index (Phi) is 6.43. The SMILES string of the molecule is CCOc1cc(NC(C)CN(CC)CC)ncn1. The zero-order valence-electron chi connectivity index (χ0n) is 11.8. The number of likely N-dealkylation sites (N-methyl/N-ethyl adjacent to an activating group) is 1. The van der Waals surface area contributed by atoms with Crippen LogP contribution in [0.5, 0.6) is 5.88 Å². The monoisotopic (exact) mass is 252 g/mol. The van der Waals surface area contributed by atoms with Crippen molar-refractivity contribution >= 4 is 5.82 Å². The minimum absolute atomic E-state index is 0.342. The maximum absolute atomic E-state index is 5.35. The third kappa shape index (κ3) is 4.87. The van der Waals surface area contributed by atoms with E-state index in [1.54, 1.807) is 0 Å². The van der Waals surface area contributed by atoms with Crippen molar-refractivity contribution in [1.82, 2.24) is 14.9 Å². The molecule has 0 radical (unpaired) electrons. The Morgan fingerprint density at radius 1 is 1.28 bits per heavy atom. The predicted octanol–water partition coefficient (Wildman–Crippen LogP) is 2.02. The highest BCUT2D eigenvalue weighted by Gasteiger charge is 2.08. The molecule has 0 aromatic carbocycles. The fraction of sp³-hybridized carbons (Fsp3) is 0.692. The zero-order valence-corrected chi connectivity index (χ0v) is 11.8. The molecule has 5 nitrogen and oxygen atoms in total. The van der Waals surface area contributed by atoms with Gasteiger partial charge in [-0.1, -0.05) is 13.8 Å². The highest BCUT2D eigenvalue weighted by Crippen LogP contribution is 2.12. The molecule has 1 rings (SSSR count). The largest absolute Gasteiger partial charge is 0.478 e. The fourth-order valence-corrected chi connectivity index (χ4v) is 1.81. The van der Waals surface area contributed by atoms with Crippen molar-refractivity contribution in [3.8, 4) is 5.88 Å². The normalized spacial score (nSPS) is 12.5. The first-order chi connectivity index (χ1) is 8.69. The van der Waals surface area contributed by atoms with Gasteiger partial charge in [0.1, 0.15) is 12.1 Å².